The van der Waals surface area contributed by atoms with Gasteiger partial charge in [0.25, 0.3) is 5.91 Å². The molecule has 4 nitrogen and oxygen atoms in total. The van der Waals surface area contributed by atoms with E-state index in [9.17, 15) is 18.0 Å². The Morgan fingerprint density at radius 2 is 1.70 bits per heavy atom. The van der Waals surface area contributed by atoms with Crippen molar-refractivity contribution in [2.24, 2.45) is 12.8 Å². The molecule has 0 spiro atoms. The maximum absolute atomic E-state index is 13.3. The summed E-state index contributed by atoms with van der Waals surface area (Å²) in [6.45, 7) is 0. The van der Waals surface area contributed by atoms with E-state index >= 15 is 0 Å². The first-order chi connectivity index (χ1) is 12.6. The molecule has 0 aliphatic rings. The first kappa shape index (κ1) is 19.3. The van der Waals surface area contributed by atoms with Gasteiger partial charge >= 0.3 is 6.18 Å². The summed E-state index contributed by atoms with van der Waals surface area (Å²) < 4.78 is 41.0. The molecule has 0 saturated heterocycles. The number of carbonyl (C=O) groups is 1. The van der Waals surface area contributed by atoms with Gasteiger partial charge < -0.3 is 5.73 Å². The van der Waals surface area contributed by atoms with Crippen molar-refractivity contribution in [1.29, 1.82) is 0 Å². The highest BCUT2D eigenvalue weighted by Crippen LogP contribution is 2.41. The summed E-state index contributed by atoms with van der Waals surface area (Å²) >= 11 is 12.2. The van der Waals surface area contributed by atoms with E-state index in [4.69, 9.17) is 28.9 Å². The lowest BCUT2D eigenvalue weighted by atomic mass is 9.95. The number of hydrogen-bond donors (Lipinski definition) is 1. The van der Waals surface area contributed by atoms with Crippen molar-refractivity contribution < 1.29 is 18.0 Å². The summed E-state index contributed by atoms with van der Waals surface area (Å²) in [4.78, 5) is 11.9. The van der Waals surface area contributed by atoms with Crippen molar-refractivity contribution >= 4 is 29.1 Å². The standard InChI is InChI=1S/C18H12Cl2F3N3O/c1-26-15(14(17(24)27)16(25-26)18(21,22)23)12-5-3-2-4-10(12)11-7-6-9(19)8-13(11)20/h2-8H,1H3,(H2,24,27). The highest BCUT2D eigenvalue weighted by Gasteiger charge is 2.41. The third-order valence-corrected chi connectivity index (χ3v) is 4.51. The average Bonchev–Trinajstić information content (AvgIpc) is 2.93. The minimum atomic E-state index is -4.83. The molecule has 2 N–H and O–H groups in total. The Hall–Kier alpha value is -2.51. The number of carbonyl (C=O) groups excluding carboxylic acids is 1. The average molecular weight is 414 g/mol. The quantitative estimate of drug-likeness (QED) is 0.642. The Bertz CT molecular complexity index is 1040. The molecule has 3 rings (SSSR count). The van der Waals surface area contributed by atoms with Crippen molar-refractivity contribution in [3.8, 4) is 22.4 Å². The molecule has 0 radical (unpaired) electrons. The Kier molecular flexibility index (Phi) is 4.92. The first-order valence-electron chi connectivity index (χ1n) is 7.60. The van der Waals surface area contributed by atoms with Gasteiger partial charge in [0, 0.05) is 28.2 Å². The van der Waals surface area contributed by atoms with Crippen molar-refractivity contribution in [2.75, 3.05) is 0 Å². The molecule has 1 amide bonds. The number of halogens is 5. The normalized spacial score (nSPS) is 11.6. The van der Waals surface area contributed by atoms with E-state index in [1.54, 1.807) is 36.4 Å². The van der Waals surface area contributed by atoms with Crippen LogP contribution in [0.25, 0.3) is 22.4 Å². The van der Waals surface area contributed by atoms with Crippen LogP contribution in [0.3, 0.4) is 0 Å². The van der Waals surface area contributed by atoms with Crippen LogP contribution in [0.4, 0.5) is 13.2 Å². The lowest BCUT2D eigenvalue weighted by molar-refractivity contribution is -0.141. The molecule has 0 aliphatic carbocycles. The van der Waals surface area contributed by atoms with Crippen LogP contribution in [0.1, 0.15) is 16.1 Å². The monoisotopic (exact) mass is 413 g/mol. The molecule has 0 aliphatic heterocycles. The minimum absolute atomic E-state index is 0.0450. The van der Waals surface area contributed by atoms with E-state index < -0.39 is 23.3 Å². The summed E-state index contributed by atoms with van der Waals surface area (Å²) in [5.41, 5.74) is 4.59. The molecule has 140 valence electrons. The van der Waals surface area contributed by atoms with Crippen molar-refractivity contribution in [3.05, 3.63) is 63.8 Å². The van der Waals surface area contributed by atoms with Gasteiger partial charge in [-0.3, -0.25) is 9.48 Å². The van der Waals surface area contributed by atoms with Gasteiger partial charge in [-0.05, 0) is 17.7 Å². The van der Waals surface area contributed by atoms with Gasteiger partial charge in [-0.25, -0.2) is 0 Å². The lowest BCUT2D eigenvalue weighted by Crippen LogP contribution is -2.18. The number of rotatable bonds is 3. The first-order valence-corrected chi connectivity index (χ1v) is 8.35. The lowest BCUT2D eigenvalue weighted by Gasteiger charge is -2.13. The number of alkyl halides is 3. The smallest absolute Gasteiger partial charge is 0.365 e. The molecule has 0 bridgehead atoms. The van der Waals surface area contributed by atoms with Crippen LogP contribution in [0.15, 0.2) is 42.5 Å². The second kappa shape index (κ2) is 6.90. The molecular formula is C18H12Cl2F3N3O. The van der Waals surface area contributed by atoms with Crippen molar-refractivity contribution in [2.45, 2.75) is 6.18 Å². The van der Waals surface area contributed by atoms with E-state index in [2.05, 4.69) is 5.10 Å². The van der Waals surface area contributed by atoms with Crippen molar-refractivity contribution in [1.82, 2.24) is 9.78 Å². The van der Waals surface area contributed by atoms with Crippen molar-refractivity contribution in [3.63, 3.8) is 0 Å². The number of aryl methyl sites for hydroxylation is 1. The third kappa shape index (κ3) is 3.52. The van der Waals surface area contributed by atoms with E-state index in [0.717, 1.165) is 4.68 Å². The van der Waals surface area contributed by atoms with Crippen LogP contribution in [-0.2, 0) is 13.2 Å². The molecule has 0 unspecified atom stereocenters. The summed E-state index contributed by atoms with van der Waals surface area (Å²) in [5, 5.41) is 4.22. The molecule has 1 heterocycles. The fourth-order valence-electron chi connectivity index (χ4n) is 2.90. The van der Waals surface area contributed by atoms with Crippen LogP contribution in [0.5, 0.6) is 0 Å². The van der Waals surface area contributed by atoms with Crippen LogP contribution in [0.2, 0.25) is 10.0 Å². The molecular weight excluding hydrogens is 402 g/mol. The Morgan fingerprint density at radius 3 is 2.26 bits per heavy atom. The minimum Gasteiger partial charge on any atom is -0.365 e. The third-order valence-electron chi connectivity index (χ3n) is 3.97. The molecule has 1 aromatic heterocycles. The molecule has 3 aromatic rings. The fourth-order valence-corrected chi connectivity index (χ4v) is 3.41. The number of hydrogen-bond acceptors (Lipinski definition) is 2. The van der Waals surface area contributed by atoms with Gasteiger partial charge in [-0.1, -0.05) is 53.5 Å². The number of amides is 1. The Balaban J connectivity index is 2.34. The van der Waals surface area contributed by atoms with Gasteiger partial charge in [-0.2, -0.15) is 18.3 Å². The van der Waals surface area contributed by atoms with Crippen LogP contribution < -0.4 is 5.73 Å². The predicted molar refractivity (Wildman–Crippen MR) is 97.6 cm³/mol. The SMILES string of the molecule is Cn1nc(C(F)(F)F)c(C(N)=O)c1-c1ccccc1-c1ccc(Cl)cc1Cl. The number of primary amides is 1. The fraction of sp³-hybridized carbons (Fsp3) is 0.111. The molecule has 27 heavy (non-hydrogen) atoms. The summed E-state index contributed by atoms with van der Waals surface area (Å²) in [6.07, 6.45) is -4.83. The largest absolute Gasteiger partial charge is 0.435 e. The highest BCUT2D eigenvalue weighted by molar-refractivity contribution is 6.36. The van der Waals surface area contributed by atoms with Gasteiger partial charge in [0.15, 0.2) is 5.69 Å². The van der Waals surface area contributed by atoms with Gasteiger partial charge in [0.05, 0.1) is 11.3 Å². The second-order valence-electron chi connectivity index (χ2n) is 5.73. The Labute approximate surface area is 162 Å². The number of aromatic nitrogens is 2. The van der Waals surface area contributed by atoms with Crippen LogP contribution in [-0.4, -0.2) is 15.7 Å². The zero-order chi connectivity index (χ0) is 19.9. The van der Waals surface area contributed by atoms with E-state index in [-0.39, 0.29) is 5.69 Å². The molecule has 2 aromatic carbocycles. The van der Waals surface area contributed by atoms with E-state index in [1.165, 1.54) is 13.1 Å². The number of nitrogens with two attached hydrogens (primary N) is 1. The molecule has 0 fully saturated rings. The zero-order valence-electron chi connectivity index (χ0n) is 13.8. The molecule has 0 atom stereocenters. The van der Waals surface area contributed by atoms with Crippen LogP contribution in [0, 0.1) is 0 Å². The topological polar surface area (TPSA) is 60.9 Å². The zero-order valence-corrected chi connectivity index (χ0v) is 15.3. The maximum atomic E-state index is 13.3. The summed E-state index contributed by atoms with van der Waals surface area (Å²) in [6, 6.07) is 11.4. The van der Waals surface area contributed by atoms with E-state index in [0.29, 0.717) is 26.7 Å². The number of benzene rings is 2. The highest BCUT2D eigenvalue weighted by atomic mass is 35.5. The Morgan fingerprint density at radius 1 is 1.07 bits per heavy atom. The summed E-state index contributed by atoms with van der Waals surface area (Å²) in [7, 11) is 1.32. The van der Waals surface area contributed by atoms with Gasteiger partial charge in [-0.15, -0.1) is 0 Å². The second-order valence-corrected chi connectivity index (χ2v) is 6.57. The predicted octanol–water partition coefficient (Wildman–Crippen LogP) is 5.18. The van der Waals surface area contributed by atoms with Gasteiger partial charge in [0.1, 0.15) is 0 Å². The maximum Gasteiger partial charge on any atom is 0.435 e. The van der Waals surface area contributed by atoms with Gasteiger partial charge in [0.2, 0.25) is 0 Å². The van der Waals surface area contributed by atoms with Crippen LogP contribution >= 0.6 is 23.2 Å². The summed E-state index contributed by atoms with van der Waals surface area (Å²) in [5.74, 6) is -1.22. The molecule has 9 heteroatoms. The number of nitrogens with zero attached hydrogens (tertiary/aromatic N) is 2. The molecule has 0 saturated carbocycles. The van der Waals surface area contributed by atoms with E-state index in [1.807, 2.05) is 0 Å².